The number of methoxy groups -OCH3 is 1. The van der Waals surface area contributed by atoms with E-state index in [1.54, 1.807) is 18.9 Å². The molecule has 0 saturated carbocycles. The van der Waals surface area contributed by atoms with E-state index in [2.05, 4.69) is 21.6 Å². The fraction of sp³-hybridized carbons (Fsp3) is 0.333. The van der Waals surface area contributed by atoms with Crippen molar-refractivity contribution >= 4 is 23.5 Å². The fourth-order valence-electron chi connectivity index (χ4n) is 2.46. The highest BCUT2D eigenvalue weighted by atomic mass is 32.2. The number of anilines is 1. The van der Waals surface area contributed by atoms with Crippen LogP contribution in [-0.4, -0.2) is 28.5 Å². The number of amides is 1. The Balaban J connectivity index is 2.11. The summed E-state index contributed by atoms with van der Waals surface area (Å²) in [6.07, 6.45) is 0. The zero-order valence-electron chi connectivity index (χ0n) is 12.1. The Kier molecular flexibility index (Phi) is 3.63. The summed E-state index contributed by atoms with van der Waals surface area (Å²) < 4.78 is 5.31. The maximum atomic E-state index is 12.1. The predicted molar refractivity (Wildman–Crippen MR) is 83.8 cm³/mol. The van der Waals surface area contributed by atoms with Gasteiger partial charge in [0.1, 0.15) is 5.75 Å². The minimum absolute atomic E-state index is 0.0156. The number of hydrogen-bond donors (Lipinski definition) is 2. The van der Waals surface area contributed by atoms with Gasteiger partial charge in [-0.25, -0.2) is 0 Å². The lowest BCUT2D eigenvalue weighted by Gasteiger charge is -2.18. The summed E-state index contributed by atoms with van der Waals surface area (Å²) in [6, 6.07) is 7.95. The lowest BCUT2D eigenvalue weighted by molar-refractivity contribution is -0.115. The van der Waals surface area contributed by atoms with Gasteiger partial charge in [0, 0.05) is 11.3 Å². The van der Waals surface area contributed by atoms with Crippen molar-refractivity contribution in [1.29, 1.82) is 0 Å². The number of aromatic amines is 1. The molecule has 1 aromatic carbocycles. The van der Waals surface area contributed by atoms with Gasteiger partial charge in [-0.1, -0.05) is 12.1 Å². The number of carbonyl (C=O) groups is 1. The summed E-state index contributed by atoms with van der Waals surface area (Å²) in [7, 11) is 1.65. The predicted octanol–water partition coefficient (Wildman–Crippen LogP) is 2.89. The van der Waals surface area contributed by atoms with Crippen LogP contribution in [-0.2, 0) is 4.79 Å². The first-order valence-electron chi connectivity index (χ1n) is 6.75. The number of hydrogen-bond acceptors (Lipinski definition) is 4. The molecule has 6 heteroatoms. The molecule has 0 fully saturated rings. The van der Waals surface area contributed by atoms with Gasteiger partial charge in [-0.05, 0) is 31.5 Å². The fourth-order valence-corrected chi connectivity index (χ4v) is 3.78. The topological polar surface area (TPSA) is 67.0 Å². The summed E-state index contributed by atoms with van der Waals surface area (Å²) in [5, 5.41) is 9.97. The number of aromatic nitrogens is 2. The number of fused-ring (bicyclic) bond motifs is 1. The van der Waals surface area contributed by atoms with E-state index < -0.39 is 0 Å². The Labute approximate surface area is 127 Å². The van der Waals surface area contributed by atoms with Crippen molar-refractivity contribution in [2.24, 2.45) is 0 Å². The second-order valence-corrected chi connectivity index (χ2v) is 6.49. The van der Waals surface area contributed by atoms with Crippen LogP contribution in [0.25, 0.3) is 0 Å². The number of aryl methyl sites for hydroxylation is 1. The van der Waals surface area contributed by atoms with Crippen molar-refractivity contribution in [3.8, 4) is 5.75 Å². The molecule has 0 bridgehead atoms. The first-order valence-corrected chi connectivity index (χ1v) is 7.69. The van der Waals surface area contributed by atoms with Gasteiger partial charge >= 0.3 is 0 Å². The molecule has 1 aromatic heterocycles. The molecular formula is C15H17N3O2S. The molecule has 0 aliphatic carbocycles. The molecule has 3 rings (SSSR count). The normalized spacial score (nSPS) is 21.4. The van der Waals surface area contributed by atoms with Crippen LogP contribution in [0.3, 0.4) is 0 Å². The molecule has 1 aliphatic rings. The van der Waals surface area contributed by atoms with Crippen LogP contribution in [0.4, 0.5) is 5.82 Å². The van der Waals surface area contributed by atoms with Crippen LogP contribution in [0, 0.1) is 6.92 Å². The molecule has 21 heavy (non-hydrogen) atoms. The number of ether oxygens (including phenoxy) is 1. The zero-order chi connectivity index (χ0) is 15.0. The van der Waals surface area contributed by atoms with Crippen molar-refractivity contribution in [2.75, 3.05) is 12.4 Å². The van der Waals surface area contributed by atoms with Gasteiger partial charge in [-0.3, -0.25) is 9.89 Å². The van der Waals surface area contributed by atoms with E-state index in [1.165, 1.54) is 0 Å². The van der Waals surface area contributed by atoms with E-state index >= 15 is 0 Å². The van der Waals surface area contributed by atoms with E-state index in [4.69, 9.17) is 4.74 Å². The van der Waals surface area contributed by atoms with E-state index in [9.17, 15) is 4.79 Å². The summed E-state index contributed by atoms with van der Waals surface area (Å²) in [5.41, 5.74) is 3.11. The Morgan fingerprint density at radius 1 is 1.38 bits per heavy atom. The van der Waals surface area contributed by atoms with Crippen LogP contribution in [0.2, 0.25) is 0 Å². The van der Waals surface area contributed by atoms with Crippen molar-refractivity contribution < 1.29 is 9.53 Å². The SMILES string of the molecule is COc1cccc([C@@H]2S[C@@H](C)C(=O)Nc3n[nH]c(C)c32)c1. The number of thioether (sulfide) groups is 1. The monoisotopic (exact) mass is 303 g/mol. The molecule has 1 aliphatic heterocycles. The molecule has 2 N–H and O–H groups in total. The van der Waals surface area contributed by atoms with Crippen LogP contribution >= 0.6 is 11.8 Å². The van der Waals surface area contributed by atoms with E-state index in [1.807, 2.05) is 32.0 Å². The molecule has 0 spiro atoms. The van der Waals surface area contributed by atoms with Crippen LogP contribution in [0.5, 0.6) is 5.75 Å². The highest BCUT2D eigenvalue weighted by Crippen LogP contribution is 2.45. The Bertz CT molecular complexity index is 683. The van der Waals surface area contributed by atoms with Gasteiger partial charge in [0.05, 0.1) is 17.6 Å². The lowest BCUT2D eigenvalue weighted by Crippen LogP contribution is -2.21. The minimum Gasteiger partial charge on any atom is -0.497 e. The van der Waals surface area contributed by atoms with Crippen molar-refractivity contribution in [2.45, 2.75) is 24.3 Å². The molecule has 2 atom stereocenters. The van der Waals surface area contributed by atoms with Crippen molar-refractivity contribution in [3.63, 3.8) is 0 Å². The number of carbonyl (C=O) groups excluding carboxylic acids is 1. The second kappa shape index (κ2) is 5.44. The standard InChI is InChI=1S/C15H17N3O2S/c1-8-12-13(10-5-4-6-11(7-10)20-3)21-9(2)15(19)16-14(12)18-17-8/h4-7,9,13H,1-3H3,(H2,16,17,18,19)/t9-,13-/m0/s1. The second-order valence-electron chi connectivity index (χ2n) is 5.04. The van der Waals surface area contributed by atoms with Gasteiger partial charge in [0.15, 0.2) is 5.82 Å². The van der Waals surface area contributed by atoms with Crippen LogP contribution in [0.15, 0.2) is 24.3 Å². The number of H-pyrrole nitrogens is 1. The van der Waals surface area contributed by atoms with Gasteiger partial charge in [-0.2, -0.15) is 5.10 Å². The molecule has 2 heterocycles. The highest BCUT2D eigenvalue weighted by Gasteiger charge is 2.32. The van der Waals surface area contributed by atoms with E-state index in [0.717, 1.165) is 22.6 Å². The van der Waals surface area contributed by atoms with E-state index in [0.29, 0.717) is 5.82 Å². The molecule has 0 radical (unpaired) electrons. The summed E-state index contributed by atoms with van der Waals surface area (Å²) in [5.74, 6) is 1.42. The zero-order valence-corrected chi connectivity index (χ0v) is 13.0. The molecule has 1 amide bonds. The van der Waals surface area contributed by atoms with Gasteiger partial charge < -0.3 is 10.1 Å². The first-order chi connectivity index (χ1) is 10.1. The van der Waals surface area contributed by atoms with Gasteiger partial charge in [0.2, 0.25) is 5.91 Å². The number of benzene rings is 1. The maximum absolute atomic E-state index is 12.1. The Morgan fingerprint density at radius 2 is 2.19 bits per heavy atom. The van der Waals surface area contributed by atoms with Crippen LogP contribution in [0.1, 0.15) is 29.0 Å². The average Bonchev–Trinajstić information content (AvgIpc) is 2.78. The van der Waals surface area contributed by atoms with Gasteiger partial charge in [0.25, 0.3) is 0 Å². The molecule has 2 aromatic rings. The third-order valence-corrected chi connectivity index (χ3v) is 5.01. The number of nitrogens with one attached hydrogen (secondary N) is 2. The van der Waals surface area contributed by atoms with Crippen molar-refractivity contribution in [1.82, 2.24) is 10.2 Å². The van der Waals surface area contributed by atoms with Crippen molar-refractivity contribution in [3.05, 3.63) is 41.1 Å². The first kappa shape index (κ1) is 14.0. The molecule has 5 nitrogen and oxygen atoms in total. The number of nitrogens with zero attached hydrogens (tertiary/aromatic N) is 1. The molecule has 0 unspecified atom stereocenters. The summed E-state index contributed by atoms with van der Waals surface area (Å²) >= 11 is 1.62. The minimum atomic E-state index is -0.144. The summed E-state index contributed by atoms with van der Waals surface area (Å²) in [6.45, 7) is 3.89. The number of rotatable bonds is 2. The smallest absolute Gasteiger partial charge is 0.238 e. The van der Waals surface area contributed by atoms with E-state index in [-0.39, 0.29) is 16.4 Å². The Hall–Kier alpha value is -1.95. The Morgan fingerprint density at radius 3 is 2.95 bits per heavy atom. The van der Waals surface area contributed by atoms with Gasteiger partial charge in [-0.15, -0.1) is 11.8 Å². The summed E-state index contributed by atoms with van der Waals surface area (Å²) in [4.78, 5) is 12.1. The largest absolute Gasteiger partial charge is 0.497 e. The molecule has 0 saturated heterocycles. The molecule has 110 valence electrons. The molecular weight excluding hydrogens is 286 g/mol. The third kappa shape index (κ3) is 2.51. The lowest BCUT2D eigenvalue weighted by atomic mass is 10.0. The average molecular weight is 303 g/mol. The van der Waals surface area contributed by atoms with Crippen LogP contribution < -0.4 is 10.1 Å². The highest BCUT2D eigenvalue weighted by molar-refractivity contribution is 8.01. The third-order valence-electron chi connectivity index (χ3n) is 3.60. The quantitative estimate of drug-likeness (QED) is 0.895. The maximum Gasteiger partial charge on any atom is 0.238 e.